The van der Waals surface area contributed by atoms with Gasteiger partial charge in [-0.25, -0.2) is 0 Å². The minimum Gasteiger partial charge on any atom is -0.339 e. The smallest absolute Gasteiger partial charge is 0.223 e. The lowest BCUT2D eigenvalue weighted by Gasteiger charge is -2.25. The van der Waals surface area contributed by atoms with E-state index in [1.165, 1.54) is 0 Å². The van der Waals surface area contributed by atoms with Crippen LogP contribution in [0, 0.1) is 5.92 Å². The van der Waals surface area contributed by atoms with Crippen molar-refractivity contribution in [3.8, 4) is 0 Å². The monoisotopic (exact) mass is 247 g/mol. The van der Waals surface area contributed by atoms with Gasteiger partial charge in [-0.15, -0.1) is 0 Å². The molecule has 1 atom stereocenters. The Labute approximate surface area is 88.8 Å². The van der Waals surface area contributed by atoms with Crippen molar-refractivity contribution in [2.24, 2.45) is 5.92 Å². The second-order valence-corrected chi connectivity index (χ2v) is 4.39. The normalized spacial score (nSPS) is 23.2. The molecular weight excluding hydrogens is 230 g/mol. The van der Waals surface area contributed by atoms with Gasteiger partial charge >= 0.3 is 0 Å². The van der Waals surface area contributed by atoms with Crippen molar-refractivity contribution in [2.45, 2.75) is 39.2 Å². The summed E-state index contributed by atoms with van der Waals surface area (Å²) in [6.45, 7) is 5.27. The average molecular weight is 248 g/mol. The van der Waals surface area contributed by atoms with E-state index < -0.39 is 0 Å². The predicted molar refractivity (Wildman–Crippen MR) is 58.0 cm³/mol. The lowest BCUT2D eigenvalue weighted by molar-refractivity contribution is -0.129. The summed E-state index contributed by atoms with van der Waals surface area (Å²) in [7, 11) is 0. The molecule has 0 aliphatic carbocycles. The summed E-state index contributed by atoms with van der Waals surface area (Å²) >= 11 is 3.45. The van der Waals surface area contributed by atoms with Crippen molar-refractivity contribution in [2.75, 3.05) is 11.9 Å². The van der Waals surface area contributed by atoms with Crippen LogP contribution in [0.25, 0.3) is 0 Å². The SMILES string of the molecule is CCC(CC)N1CC(CBr)CC1=O. The third kappa shape index (κ3) is 2.46. The molecule has 13 heavy (non-hydrogen) atoms. The summed E-state index contributed by atoms with van der Waals surface area (Å²) in [5.74, 6) is 0.881. The van der Waals surface area contributed by atoms with Crippen LogP contribution in [0.4, 0.5) is 0 Å². The topological polar surface area (TPSA) is 20.3 Å². The van der Waals surface area contributed by atoms with E-state index in [9.17, 15) is 4.79 Å². The summed E-state index contributed by atoms with van der Waals surface area (Å²) in [5, 5.41) is 0.954. The van der Waals surface area contributed by atoms with Crippen LogP contribution in [0.3, 0.4) is 0 Å². The standard InChI is InChI=1S/C10H18BrNO/c1-3-9(4-2)12-7-8(6-11)5-10(12)13/h8-9H,3-7H2,1-2H3. The van der Waals surface area contributed by atoms with E-state index in [0.717, 1.165) is 31.1 Å². The van der Waals surface area contributed by atoms with Gasteiger partial charge in [0.2, 0.25) is 5.91 Å². The van der Waals surface area contributed by atoms with E-state index in [1.54, 1.807) is 0 Å². The van der Waals surface area contributed by atoms with Crippen LogP contribution < -0.4 is 0 Å². The average Bonchev–Trinajstić information content (AvgIpc) is 2.50. The first-order valence-corrected chi connectivity index (χ1v) is 6.20. The molecule has 0 radical (unpaired) electrons. The molecule has 0 bridgehead atoms. The number of rotatable bonds is 4. The lowest BCUT2D eigenvalue weighted by Crippen LogP contribution is -2.35. The molecule has 1 heterocycles. The van der Waals surface area contributed by atoms with E-state index in [-0.39, 0.29) is 0 Å². The molecule has 0 spiro atoms. The van der Waals surface area contributed by atoms with Crippen molar-refractivity contribution in [3.05, 3.63) is 0 Å². The van der Waals surface area contributed by atoms with Crippen LogP contribution in [0.2, 0.25) is 0 Å². The first-order valence-electron chi connectivity index (χ1n) is 5.08. The molecule has 0 aromatic heterocycles. The lowest BCUT2D eigenvalue weighted by atomic mass is 10.1. The molecule has 0 aromatic carbocycles. The Hall–Kier alpha value is -0.0500. The van der Waals surface area contributed by atoms with E-state index in [1.807, 2.05) is 0 Å². The maximum absolute atomic E-state index is 11.6. The molecular formula is C10H18BrNO. The molecule has 1 aliphatic heterocycles. The van der Waals surface area contributed by atoms with Gasteiger partial charge < -0.3 is 4.90 Å². The summed E-state index contributed by atoms with van der Waals surface area (Å²) < 4.78 is 0. The molecule has 1 aliphatic rings. The zero-order valence-electron chi connectivity index (χ0n) is 8.42. The number of carbonyl (C=O) groups is 1. The molecule has 1 fully saturated rings. The van der Waals surface area contributed by atoms with Crippen LogP contribution in [0.15, 0.2) is 0 Å². The molecule has 2 nitrogen and oxygen atoms in total. The Bertz CT molecular complexity index is 180. The second-order valence-electron chi connectivity index (χ2n) is 3.74. The number of hydrogen-bond acceptors (Lipinski definition) is 1. The highest BCUT2D eigenvalue weighted by Crippen LogP contribution is 2.23. The highest BCUT2D eigenvalue weighted by molar-refractivity contribution is 9.09. The van der Waals surface area contributed by atoms with Crippen LogP contribution >= 0.6 is 15.9 Å². The van der Waals surface area contributed by atoms with E-state index in [2.05, 4.69) is 34.7 Å². The minimum atomic E-state index is 0.346. The highest BCUT2D eigenvalue weighted by atomic mass is 79.9. The molecule has 0 saturated carbocycles. The van der Waals surface area contributed by atoms with Gasteiger partial charge in [0.1, 0.15) is 0 Å². The maximum Gasteiger partial charge on any atom is 0.223 e. The van der Waals surface area contributed by atoms with Gasteiger partial charge in [-0.1, -0.05) is 29.8 Å². The zero-order valence-corrected chi connectivity index (χ0v) is 10.0. The summed E-state index contributed by atoms with van der Waals surface area (Å²) in [6.07, 6.45) is 2.90. The molecule has 1 unspecified atom stereocenters. The van der Waals surface area contributed by atoms with Crippen molar-refractivity contribution >= 4 is 21.8 Å². The molecule has 0 aromatic rings. The fourth-order valence-electron chi connectivity index (χ4n) is 1.99. The number of alkyl halides is 1. The van der Waals surface area contributed by atoms with Gasteiger partial charge in [0.25, 0.3) is 0 Å². The van der Waals surface area contributed by atoms with Gasteiger partial charge in [0, 0.05) is 24.3 Å². The fourth-order valence-corrected chi connectivity index (χ4v) is 2.43. The minimum absolute atomic E-state index is 0.346. The maximum atomic E-state index is 11.6. The Morgan fingerprint density at radius 1 is 1.54 bits per heavy atom. The Morgan fingerprint density at radius 3 is 2.54 bits per heavy atom. The number of carbonyl (C=O) groups excluding carboxylic acids is 1. The predicted octanol–water partition coefficient (Wildman–Crippen LogP) is 2.42. The quantitative estimate of drug-likeness (QED) is 0.699. The van der Waals surface area contributed by atoms with Crippen LogP contribution in [0.5, 0.6) is 0 Å². The number of likely N-dealkylation sites (tertiary alicyclic amines) is 1. The number of amides is 1. The molecule has 1 rings (SSSR count). The van der Waals surface area contributed by atoms with Gasteiger partial charge in [-0.2, -0.15) is 0 Å². The number of halogens is 1. The van der Waals surface area contributed by atoms with Gasteiger partial charge in [-0.05, 0) is 18.8 Å². The van der Waals surface area contributed by atoms with Crippen LogP contribution in [-0.4, -0.2) is 28.7 Å². The molecule has 76 valence electrons. The van der Waals surface area contributed by atoms with E-state index >= 15 is 0 Å². The fraction of sp³-hybridized carbons (Fsp3) is 0.900. The molecule has 0 N–H and O–H groups in total. The summed E-state index contributed by atoms with van der Waals surface area (Å²) in [5.41, 5.74) is 0. The first-order chi connectivity index (χ1) is 6.22. The van der Waals surface area contributed by atoms with Crippen molar-refractivity contribution in [1.82, 2.24) is 4.90 Å². The van der Waals surface area contributed by atoms with E-state index in [0.29, 0.717) is 17.9 Å². The number of hydrogen-bond donors (Lipinski definition) is 0. The Kier molecular flexibility index (Phi) is 4.23. The molecule has 3 heteroatoms. The zero-order chi connectivity index (χ0) is 9.84. The summed E-state index contributed by atoms with van der Waals surface area (Å²) in [4.78, 5) is 13.7. The highest BCUT2D eigenvalue weighted by Gasteiger charge is 2.31. The van der Waals surface area contributed by atoms with E-state index in [4.69, 9.17) is 0 Å². The third-order valence-electron chi connectivity index (χ3n) is 2.84. The van der Waals surface area contributed by atoms with Crippen molar-refractivity contribution in [1.29, 1.82) is 0 Å². The molecule has 1 saturated heterocycles. The van der Waals surface area contributed by atoms with Crippen molar-refractivity contribution < 1.29 is 4.79 Å². The van der Waals surface area contributed by atoms with Crippen LogP contribution in [-0.2, 0) is 4.79 Å². The van der Waals surface area contributed by atoms with Crippen LogP contribution in [0.1, 0.15) is 33.1 Å². The second kappa shape index (κ2) is 4.99. The molecule has 1 amide bonds. The Balaban J connectivity index is 2.55. The van der Waals surface area contributed by atoms with Gasteiger partial charge in [-0.3, -0.25) is 4.79 Å². The Morgan fingerprint density at radius 2 is 2.15 bits per heavy atom. The first kappa shape index (κ1) is 11.0. The van der Waals surface area contributed by atoms with Gasteiger partial charge in [0.15, 0.2) is 0 Å². The third-order valence-corrected chi connectivity index (χ3v) is 3.76. The largest absolute Gasteiger partial charge is 0.339 e. The summed E-state index contributed by atoms with van der Waals surface area (Å²) in [6, 6.07) is 0.469. The van der Waals surface area contributed by atoms with Crippen molar-refractivity contribution in [3.63, 3.8) is 0 Å². The van der Waals surface area contributed by atoms with Gasteiger partial charge in [0.05, 0.1) is 0 Å². The number of nitrogens with zero attached hydrogens (tertiary/aromatic N) is 1.